The van der Waals surface area contributed by atoms with Gasteiger partial charge in [0.1, 0.15) is 11.5 Å². The minimum atomic E-state index is 0.0624. The van der Waals surface area contributed by atoms with Crippen LogP contribution in [-0.2, 0) is 11.2 Å². The molecule has 0 fully saturated rings. The van der Waals surface area contributed by atoms with Crippen molar-refractivity contribution in [1.29, 1.82) is 0 Å². The fourth-order valence-corrected chi connectivity index (χ4v) is 3.01. The number of carbonyl (C=O) groups excluding carboxylic acids is 1. The van der Waals surface area contributed by atoms with Crippen LogP contribution in [-0.4, -0.2) is 24.7 Å². The molecule has 136 valence electrons. The van der Waals surface area contributed by atoms with E-state index in [0.29, 0.717) is 25.3 Å². The fraction of sp³-hybridized carbons (Fsp3) is 0.500. The fourth-order valence-electron chi connectivity index (χ4n) is 3.01. The molecule has 5 nitrogen and oxygen atoms in total. The highest BCUT2D eigenvalue weighted by Gasteiger charge is 2.20. The van der Waals surface area contributed by atoms with Crippen molar-refractivity contribution in [2.24, 2.45) is 5.92 Å². The molecule has 2 aromatic rings. The Morgan fingerprint density at radius 3 is 2.60 bits per heavy atom. The quantitative estimate of drug-likeness (QED) is 0.791. The highest BCUT2D eigenvalue weighted by molar-refractivity contribution is 5.77. The lowest BCUT2D eigenvalue weighted by Crippen LogP contribution is -2.28. The van der Waals surface area contributed by atoms with Gasteiger partial charge in [0, 0.05) is 25.5 Å². The number of methoxy groups -OCH3 is 1. The predicted molar refractivity (Wildman–Crippen MR) is 97.9 cm³/mol. The Labute approximate surface area is 149 Å². The summed E-state index contributed by atoms with van der Waals surface area (Å²) in [7, 11) is 1.67. The summed E-state index contributed by atoms with van der Waals surface area (Å²) in [5.41, 5.74) is 3.13. The summed E-state index contributed by atoms with van der Waals surface area (Å²) in [5.74, 6) is 2.28. The van der Waals surface area contributed by atoms with Gasteiger partial charge in [-0.3, -0.25) is 4.79 Å². The van der Waals surface area contributed by atoms with Crippen molar-refractivity contribution >= 4 is 5.91 Å². The first-order valence-electron chi connectivity index (χ1n) is 8.74. The van der Waals surface area contributed by atoms with Gasteiger partial charge in [0.15, 0.2) is 0 Å². The molecule has 0 aliphatic rings. The van der Waals surface area contributed by atoms with Crippen molar-refractivity contribution < 1.29 is 14.1 Å². The number of rotatable bonds is 8. The summed E-state index contributed by atoms with van der Waals surface area (Å²) < 4.78 is 10.4. The van der Waals surface area contributed by atoms with E-state index in [1.165, 1.54) is 5.56 Å². The smallest absolute Gasteiger partial charge is 0.220 e. The van der Waals surface area contributed by atoms with Gasteiger partial charge in [0.25, 0.3) is 0 Å². The summed E-state index contributed by atoms with van der Waals surface area (Å²) >= 11 is 0. The van der Waals surface area contributed by atoms with Crippen LogP contribution in [0.4, 0.5) is 0 Å². The van der Waals surface area contributed by atoms with Crippen molar-refractivity contribution in [3.63, 3.8) is 0 Å². The normalized spacial score (nSPS) is 12.2. The van der Waals surface area contributed by atoms with Gasteiger partial charge in [-0.1, -0.05) is 31.1 Å². The summed E-state index contributed by atoms with van der Waals surface area (Å²) in [6, 6.07) is 8.05. The summed E-state index contributed by atoms with van der Waals surface area (Å²) in [4.78, 5) is 12.4. The summed E-state index contributed by atoms with van der Waals surface area (Å²) in [5, 5.41) is 6.92. The second-order valence-corrected chi connectivity index (χ2v) is 6.81. The van der Waals surface area contributed by atoms with Crippen LogP contribution in [0.3, 0.4) is 0 Å². The number of aromatic nitrogens is 1. The number of carbonyl (C=O) groups is 1. The van der Waals surface area contributed by atoms with E-state index in [1.807, 2.05) is 26.0 Å². The van der Waals surface area contributed by atoms with E-state index < -0.39 is 0 Å². The number of nitrogens with one attached hydrogen (secondary N) is 1. The minimum absolute atomic E-state index is 0.0624. The van der Waals surface area contributed by atoms with Gasteiger partial charge in [-0.05, 0) is 42.9 Å². The van der Waals surface area contributed by atoms with Crippen LogP contribution < -0.4 is 10.1 Å². The first kappa shape index (κ1) is 19.0. The number of hydrogen-bond donors (Lipinski definition) is 1. The molecule has 0 bridgehead atoms. The van der Waals surface area contributed by atoms with E-state index in [-0.39, 0.29) is 11.8 Å². The topological polar surface area (TPSA) is 64.4 Å². The molecule has 5 heteroatoms. The summed E-state index contributed by atoms with van der Waals surface area (Å²) in [6.07, 6.45) is 1.15. The predicted octanol–water partition coefficient (Wildman–Crippen LogP) is 3.79. The van der Waals surface area contributed by atoms with Crippen molar-refractivity contribution in [2.45, 2.75) is 46.5 Å². The number of benzene rings is 1. The molecular formula is C20H28N2O3. The summed E-state index contributed by atoms with van der Waals surface area (Å²) in [6.45, 7) is 8.75. The van der Waals surface area contributed by atoms with Crippen LogP contribution in [0.5, 0.6) is 5.75 Å². The van der Waals surface area contributed by atoms with E-state index in [9.17, 15) is 4.79 Å². The molecule has 1 aromatic carbocycles. The molecule has 0 aliphatic carbocycles. The van der Waals surface area contributed by atoms with Crippen molar-refractivity contribution in [1.82, 2.24) is 10.5 Å². The maximum Gasteiger partial charge on any atom is 0.220 e. The molecule has 0 aliphatic heterocycles. The second kappa shape index (κ2) is 8.70. The Balaban J connectivity index is 1.93. The molecule has 1 heterocycles. The minimum Gasteiger partial charge on any atom is -0.496 e. The largest absolute Gasteiger partial charge is 0.496 e. The number of amides is 1. The molecule has 25 heavy (non-hydrogen) atoms. The highest BCUT2D eigenvalue weighted by Crippen LogP contribution is 2.31. The number of aryl methyl sites for hydroxylation is 2. The van der Waals surface area contributed by atoms with E-state index in [1.54, 1.807) is 7.11 Å². The Morgan fingerprint density at radius 1 is 1.28 bits per heavy atom. The van der Waals surface area contributed by atoms with E-state index in [2.05, 4.69) is 36.5 Å². The van der Waals surface area contributed by atoms with E-state index in [0.717, 1.165) is 22.8 Å². The van der Waals surface area contributed by atoms with Gasteiger partial charge >= 0.3 is 0 Å². The van der Waals surface area contributed by atoms with Crippen molar-refractivity contribution in [3.05, 3.63) is 46.8 Å². The molecule has 0 saturated heterocycles. The van der Waals surface area contributed by atoms with Gasteiger partial charge in [-0.2, -0.15) is 0 Å². The molecular weight excluding hydrogens is 316 g/mol. The van der Waals surface area contributed by atoms with Crippen LogP contribution in [0.15, 0.2) is 28.8 Å². The Bertz CT molecular complexity index is 707. The lowest BCUT2D eigenvalue weighted by atomic mass is 9.85. The molecule has 1 unspecified atom stereocenters. The maximum atomic E-state index is 12.4. The first-order chi connectivity index (χ1) is 11.9. The van der Waals surface area contributed by atoms with Crippen molar-refractivity contribution in [2.75, 3.05) is 13.7 Å². The Morgan fingerprint density at radius 2 is 2.04 bits per heavy atom. The first-order valence-corrected chi connectivity index (χ1v) is 8.74. The molecule has 1 aromatic heterocycles. The van der Waals surface area contributed by atoms with Crippen molar-refractivity contribution in [3.8, 4) is 5.75 Å². The lowest BCUT2D eigenvalue weighted by molar-refractivity contribution is -0.121. The lowest BCUT2D eigenvalue weighted by Gasteiger charge is -2.22. The van der Waals surface area contributed by atoms with Gasteiger partial charge in [0.05, 0.1) is 12.8 Å². The van der Waals surface area contributed by atoms with Gasteiger partial charge in [-0.25, -0.2) is 0 Å². The molecule has 2 rings (SSSR count). The van der Waals surface area contributed by atoms with E-state index >= 15 is 0 Å². The molecule has 0 spiro atoms. The molecule has 1 N–H and O–H groups in total. The monoisotopic (exact) mass is 344 g/mol. The number of ether oxygens (including phenoxy) is 1. The Kier molecular flexibility index (Phi) is 6.62. The molecule has 1 atom stereocenters. The van der Waals surface area contributed by atoms with Crippen LogP contribution in [0, 0.1) is 19.8 Å². The van der Waals surface area contributed by atoms with Gasteiger partial charge in [-0.15, -0.1) is 0 Å². The molecule has 1 amide bonds. The average molecular weight is 344 g/mol. The third kappa shape index (κ3) is 5.34. The second-order valence-electron chi connectivity index (χ2n) is 6.81. The third-order valence-electron chi connectivity index (χ3n) is 4.44. The van der Waals surface area contributed by atoms with Gasteiger partial charge < -0.3 is 14.6 Å². The van der Waals surface area contributed by atoms with Crippen LogP contribution in [0.1, 0.15) is 48.8 Å². The van der Waals surface area contributed by atoms with E-state index in [4.69, 9.17) is 9.26 Å². The van der Waals surface area contributed by atoms with Crippen LogP contribution in [0.2, 0.25) is 0 Å². The zero-order valence-electron chi connectivity index (χ0n) is 15.8. The number of hydrogen-bond acceptors (Lipinski definition) is 4. The number of nitrogens with zero attached hydrogens (tertiary/aromatic N) is 1. The average Bonchev–Trinajstić information content (AvgIpc) is 2.97. The standard InChI is InChI=1S/C20H28N2O3/c1-13(2)18(16-6-7-19(24-5)14(3)10-16)12-20(23)21-9-8-17-11-15(4)25-22-17/h6-7,10-11,13,18H,8-9,12H2,1-5H3,(H,21,23). The zero-order valence-corrected chi connectivity index (χ0v) is 15.8. The molecule has 0 saturated carbocycles. The highest BCUT2D eigenvalue weighted by atomic mass is 16.5. The SMILES string of the molecule is COc1ccc(C(CC(=O)NCCc2cc(C)on2)C(C)C)cc1C. The third-order valence-corrected chi connectivity index (χ3v) is 4.44. The zero-order chi connectivity index (χ0) is 18.4. The maximum absolute atomic E-state index is 12.4. The van der Waals surface area contributed by atoms with Crippen LogP contribution in [0.25, 0.3) is 0 Å². The Hall–Kier alpha value is -2.30. The van der Waals surface area contributed by atoms with Crippen LogP contribution >= 0.6 is 0 Å². The molecule has 0 radical (unpaired) electrons. The van der Waals surface area contributed by atoms with Gasteiger partial charge in [0.2, 0.25) is 5.91 Å².